The number of hydrogen-bond donors (Lipinski definition) is 2. The van der Waals surface area contributed by atoms with E-state index < -0.39 is 0 Å². The molecule has 5 rings (SSSR count). The Labute approximate surface area is 174 Å². The third-order valence-electron chi connectivity index (χ3n) is 6.68. The van der Waals surface area contributed by atoms with E-state index in [0.717, 1.165) is 30.1 Å². The van der Waals surface area contributed by atoms with Crippen LogP contribution >= 0.6 is 0 Å². The summed E-state index contributed by atoms with van der Waals surface area (Å²) in [7, 11) is 0. The molecule has 1 saturated carbocycles. The highest BCUT2D eigenvalue weighted by Crippen LogP contribution is 2.53. The van der Waals surface area contributed by atoms with Crippen LogP contribution in [0.2, 0.25) is 0 Å². The standard InChI is InChI=1S/C25H33N4/c1-5-10-28(15-20-8-9-20)29-11-6-7-21(29)24(25-22(29)14-26-16-27-25)23-18(3)12-17(2)13-19(23)4/h6-7,11-14,20,26-27H,5,8-10,15-16H2,1-4H3/q+1. The van der Waals surface area contributed by atoms with E-state index in [2.05, 4.69) is 80.0 Å². The lowest BCUT2D eigenvalue weighted by Gasteiger charge is -2.40. The smallest absolute Gasteiger partial charge is 0.202 e. The zero-order chi connectivity index (χ0) is 20.2. The molecule has 0 bridgehead atoms. The Kier molecular flexibility index (Phi) is 4.45. The molecule has 1 fully saturated rings. The van der Waals surface area contributed by atoms with E-state index in [-0.39, 0.29) is 0 Å². The topological polar surface area (TPSA) is 27.3 Å². The third-order valence-corrected chi connectivity index (χ3v) is 6.68. The Morgan fingerprint density at radius 1 is 1.10 bits per heavy atom. The summed E-state index contributed by atoms with van der Waals surface area (Å²) in [6.45, 7) is 12.1. The van der Waals surface area contributed by atoms with E-state index in [9.17, 15) is 0 Å². The molecule has 3 aliphatic heterocycles. The third kappa shape index (κ3) is 2.81. The summed E-state index contributed by atoms with van der Waals surface area (Å²) in [6.07, 6.45) is 13.2. The van der Waals surface area contributed by atoms with Crippen LogP contribution in [0.4, 0.5) is 0 Å². The second-order valence-corrected chi connectivity index (χ2v) is 9.05. The molecule has 2 N–H and O–H groups in total. The SMILES string of the molecule is CCCN(CC1CC1)[N+]12C=CC=C1C(c1c(C)cc(C)cc1C)=C1NCNC=C12. The first-order valence-electron chi connectivity index (χ1n) is 11.1. The van der Waals surface area contributed by atoms with Crippen LogP contribution in [0.25, 0.3) is 5.57 Å². The maximum atomic E-state index is 3.70. The maximum Gasteiger partial charge on any atom is 0.202 e. The van der Waals surface area contributed by atoms with Gasteiger partial charge in [0, 0.05) is 18.7 Å². The summed E-state index contributed by atoms with van der Waals surface area (Å²) < 4.78 is 0.738. The van der Waals surface area contributed by atoms with Crippen molar-refractivity contribution in [2.75, 3.05) is 19.8 Å². The normalized spacial score (nSPS) is 24.9. The molecule has 152 valence electrons. The largest absolute Gasteiger partial charge is 0.369 e. The summed E-state index contributed by atoms with van der Waals surface area (Å²) in [5, 5.41) is 9.85. The number of nitrogens with one attached hydrogen (secondary N) is 2. The second kappa shape index (κ2) is 6.89. The van der Waals surface area contributed by atoms with Gasteiger partial charge in [0.15, 0.2) is 5.70 Å². The number of fused-ring (bicyclic) bond motifs is 3. The molecule has 1 aliphatic carbocycles. The summed E-state index contributed by atoms with van der Waals surface area (Å²) in [4.78, 5) is 0. The predicted molar refractivity (Wildman–Crippen MR) is 119 cm³/mol. The quantitative estimate of drug-likeness (QED) is 0.697. The van der Waals surface area contributed by atoms with E-state index in [1.165, 1.54) is 64.3 Å². The molecule has 4 heteroatoms. The summed E-state index contributed by atoms with van der Waals surface area (Å²) >= 11 is 0. The molecule has 0 saturated heterocycles. The molecule has 29 heavy (non-hydrogen) atoms. The average Bonchev–Trinajstić information content (AvgIpc) is 3.32. The first-order chi connectivity index (χ1) is 14.1. The maximum absolute atomic E-state index is 3.70. The molecule has 1 atom stereocenters. The Hall–Kier alpha value is -2.30. The van der Waals surface area contributed by atoms with Crippen LogP contribution in [0, 0.1) is 26.7 Å². The van der Waals surface area contributed by atoms with Gasteiger partial charge in [-0.05, 0) is 62.6 Å². The van der Waals surface area contributed by atoms with Crippen molar-refractivity contribution in [1.29, 1.82) is 0 Å². The first-order valence-corrected chi connectivity index (χ1v) is 11.1. The highest BCUT2D eigenvalue weighted by Gasteiger charge is 2.55. The average molecular weight is 390 g/mol. The number of nitrogens with zero attached hydrogens (tertiary/aromatic N) is 2. The number of aryl methyl sites for hydroxylation is 3. The lowest BCUT2D eigenvalue weighted by atomic mass is 9.91. The number of hydrogen-bond acceptors (Lipinski definition) is 3. The fraction of sp³-hybridized carbons (Fsp3) is 0.440. The monoisotopic (exact) mass is 389 g/mol. The van der Waals surface area contributed by atoms with Gasteiger partial charge in [0.1, 0.15) is 11.9 Å². The van der Waals surface area contributed by atoms with Gasteiger partial charge in [-0.1, -0.05) is 24.6 Å². The van der Waals surface area contributed by atoms with Crippen molar-refractivity contribution in [3.05, 3.63) is 76.0 Å². The Morgan fingerprint density at radius 3 is 2.55 bits per heavy atom. The van der Waals surface area contributed by atoms with E-state index in [1.54, 1.807) is 0 Å². The lowest BCUT2D eigenvalue weighted by molar-refractivity contribution is -0.917. The summed E-state index contributed by atoms with van der Waals surface area (Å²) in [6, 6.07) is 4.65. The number of benzene rings is 1. The fourth-order valence-electron chi connectivity index (χ4n) is 5.44. The molecule has 1 aromatic rings. The van der Waals surface area contributed by atoms with Gasteiger partial charge in [-0.3, -0.25) is 0 Å². The van der Waals surface area contributed by atoms with Gasteiger partial charge < -0.3 is 10.6 Å². The van der Waals surface area contributed by atoms with E-state index in [1.807, 2.05) is 0 Å². The van der Waals surface area contributed by atoms with Crippen molar-refractivity contribution in [3.63, 3.8) is 0 Å². The van der Waals surface area contributed by atoms with Gasteiger partial charge in [-0.15, -0.1) is 9.60 Å². The number of allylic oxidation sites excluding steroid dienone is 3. The van der Waals surface area contributed by atoms with Gasteiger partial charge in [-0.25, -0.2) is 0 Å². The van der Waals surface area contributed by atoms with Crippen LogP contribution in [-0.2, 0) is 0 Å². The van der Waals surface area contributed by atoms with Gasteiger partial charge in [0.25, 0.3) is 0 Å². The van der Waals surface area contributed by atoms with Gasteiger partial charge in [0.05, 0.1) is 25.0 Å². The minimum absolute atomic E-state index is 0.738. The van der Waals surface area contributed by atoms with Crippen LogP contribution in [0.3, 0.4) is 0 Å². The lowest BCUT2D eigenvalue weighted by Crippen LogP contribution is -2.55. The molecule has 1 aromatic carbocycles. The molecular formula is C25H33N4+. The van der Waals surface area contributed by atoms with Crippen LogP contribution in [0.1, 0.15) is 48.4 Å². The molecule has 0 amide bonds. The molecule has 3 heterocycles. The van der Waals surface area contributed by atoms with Gasteiger partial charge in [0.2, 0.25) is 5.70 Å². The molecule has 0 spiro atoms. The second-order valence-electron chi connectivity index (χ2n) is 9.05. The molecule has 0 aromatic heterocycles. The van der Waals surface area contributed by atoms with E-state index in [4.69, 9.17) is 0 Å². The van der Waals surface area contributed by atoms with Crippen LogP contribution in [0.15, 0.2) is 53.8 Å². The zero-order valence-corrected chi connectivity index (χ0v) is 18.2. The fourth-order valence-corrected chi connectivity index (χ4v) is 5.44. The van der Waals surface area contributed by atoms with E-state index >= 15 is 0 Å². The number of quaternary nitrogens is 1. The van der Waals surface area contributed by atoms with Crippen molar-refractivity contribution in [2.45, 2.75) is 47.0 Å². The van der Waals surface area contributed by atoms with Crippen molar-refractivity contribution >= 4 is 5.57 Å². The molecular weight excluding hydrogens is 356 g/mol. The first kappa shape index (κ1) is 18.7. The molecule has 0 radical (unpaired) electrons. The zero-order valence-electron chi connectivity index (χ0n) is 18.2. The Bertz CT molecular complexity index is 954. The van der Waals surface area contributed by atoms with Gasteiger partial charge >= 0.3 is 0 Å². The van der Waals surface area contributed by atoms with Gasteiger partial charge in [-0.2, -0.15) is 0 Å². The highest BCUT2D eigenvalue weighted by molar-refractivity contribution is 5.88. The van der Waals surface area contributed by atoms with Crippen molar-refractivity contribution in [3.8, 4) is 0 Å². The number of rotatable bonds is 6. The summed E-state index contributed by atoms with van der Waals surface area (Å²) in [5.74, 6) is 0.852. The Morgan fingerprint density at radius 2 is 1.86 bits per heavy atom. The summed E-state index contributed by atoms with van der Waals surface area (Å²) in [5.41, 5.74) is 10.9. The highest BCUT2D eigenvalue weighted by atomic mass is 15.8. The van der Waals surface area contributed by atoms with Crippen molar-refractivity contribution < 1.29 is 4.59 Å². The molecule has 4 nitrogen and oxygen atoms in total. The molecule has 1 unspecified atom stereocenters. The Balaban J connectivity index is 1.70. The van der Waals surface area contributed by atoms with Crippen LogP contribution in [0.5, 0.6) is 0 Å². The van der Waals surface area contributed by atoms with Crippen LogP contribution in [-0.4, -0.2) is 29.4 Å². The predicted octanol–water partition coefficient (Wildman–Crippen LogP) is 4.59. The minimum atomic E-state index is 0.738. The molecule has 4 aliphatic rings. The minimum Gasteiger partial charge on any atom is -0.369 e. The van der Waals surface area contributed by atoms with Crippen molar-refractivity contribution in [2.24, 2.45) is 5.92 Å². The van der Waals surface area contributed by atoms with E-state index in [0.29, 0.717) is 0 Å². The van der Waals surface area contributed by atoms with Crippen LogP contribution < -0.4 is 10.6 Å². The van der Waals surface area contributed by atoms with Crippen molar-refractivity contribution in [1.82, 2.24) is 15.6 Å².